The van der Waals surface area contributed by atoms with Gasteiger partial charge in [0, 0.05) is 0 Å². The molecule has 4 heavy (non-hydrogen) atoms. The Kier molecular flexibility index (Phi) is 260. The molecule has 0 aliphatic heterocycles. The van der Waals surface area contributed by atoms with Crippen LogP contribution in [0.5, 0.6) is 0 Å². The minimum absolute atomic E-state index is 0. The zero-order valence-electron chi connectivity index (χ0n) is 1.32. The Bertz CT molecular complexity index is 6.00. The van der Waals surface area contributed by atoms with Gasteiger partial charge in [0.2, 0.25) is 0 Å². The maximum atomic E-state index is 0. The molecule has 2 nitrogen and oxygen atoms in total. The van der Waals surface area contributed by atoms with Gasteiger partial charge in [-0.1, -0.05) is 0 Å². The molecule has 0 aliphatic carbocycles. The van der Waals surface area contributed by atoms with Crippen molar-refractivity contribution in [1.82, 2.24) is 0 Å². The van der Waals surface area contributed by atoms with Gasteiger partial charge in [0.1, 0.15) is 0 Å². The maximum Gasteiger partial charge on any atom is 4.00 e. The summed E-state index contributed by atoms with van der Waals surface area (Å²) < 4.78 is 0. The van der Waals surface area contributed by atoms with E-state index in [1.807, 2.05) is 0 Å². The van der Waals surface area contributed by atoms with Crippen LogP contribution in [0.25, 0.3) is 0 Å². The Labute approximate surface area is 61.7 Å². The second-order valence-corrected chi connectivity index (χ2v) is 0. The molecule has 4 heteroatoms. The van der Waals surface area contributed by atoms with Crippen LogP contribution in [-0.2, 0) is 32.7 Å². The van der Waals surface area contributed by atoms with Crippen LogP contribution >= 0.6 is 0 Å². The average Bonchev–Trinajstić information content (AvgIpc) is 0. The first kappa shape index (κ1) is 45.3. The van der Waals surface area contributed by atoms with E-state index < -0.39 is 0 Å². The van der Waals surface area contributed by atoms with Gasteiger partial charge in [-0.3, -0.25) is 0 Å². The summed E-state index contributed by atoms with van der Waals surface area (Å²) >= 11 is 0. The summed E-state index contributed by atoms with van der Waals surface area (Å²) in [7, 11) is 0. The van der Waals surface area contributed by atoms with Crippen LogP contribution in [0.3, 0.4) is 0 Å². The number of hydrogen-bond donors (Lipinski definition) is 0. The van der Waals surface area contributed by atoms with Gasteiger partial charge in [-0.25, -0.2) is 0 Å². The second kappa shape index (κ2) is 22.9. The molecule has 0 unspecified atom stereocenters. The van der Waals surface area contributed by atoms with E-state index in [1.165, 1.54) is 0 Å². The number of hydrogen-bond acceptors (Lipinski definition) is 0. The first-order chi connectivity index (χ1) is 0. The molecule has 0 spiro atoms. The zero-order chi connectivity index (χ0) is 0. The Balaban J connectivity index is 0. The van der Waals surface area contributed by atoms with E-state index >= 15 is 0 Å². The van der Waals surface area contributed by atoms with Gasteiger partial charge in [-0.05, 0) is 0 Å². The topological polar surface area (TPSA) is 57.0 Å². The molecule has 0 heterocycles. The van der Waals surface area contributed by atoms with Crippen molar-refractivity contribution in [3.63, 3.8) is 0 Å². The zero-order valence-corrected chi connectivity index (χ0v) is 2.88. The van der Waals surface area contributed by atoms with Crippen molar-refractivity contribution in [2.75, 3.05) is 0 Å². The van der Waals surface area contributed by atoms with Crippen molar-refractivity contribution < 1.29 is 32.7 Å². The molecular formula is HNaO2Ti. The van der Waals surface area contributed by atoms with Crippen molar-refractivity contribution in [2.24, 2.45) is 0 Å². The van der Waals surface area contributed by atoms with Crippen LogP contribution in [0.2, 0.25) is 0 Å². The molecule has 0 saturated carbocycles. The molecule has 0 aliphatic rings. The monoisotopic (exact) mass is 104 g/mol. The van der Waals surface area contributed by atoms with Crippen molar-refractivity contribution in [3.8, 4) is 0 Å². The fraction of sp³-hybridized carbons (Fsp3) is 0. The van der Waals surface area contributed by atoms with E-state index in [-0.39, 0.29) is 62.2 Å². The van der Waals surface area contributed by atoms with E-state index in [0.717, 1.165) is 0 Å². The van der Waals surface area contributed by atoms with Gasteiger partial charge in [0.15, 0.2) is 0 Å². The molecule has 0 aromatic carbocycles. The third-order valence-electron chi connectivity index (χ3n) is 0. The summed E-state index contributed by atoms with van der Waals surface area (Å²) in [5, 5.41) is 0. The van der Waals surface area contributed by atoms with Gasteiger partial charge in [0.05, 0.1) is 0 Å². The quantitative estimate of drug-likeness (QED) is 0.358. The number of rotatable bonds is 0. The Morgan fingerprint density at radius 2 is 0.750 bits per heavy atom. The smallest absolute Gasteiger partial charge is 2.00 e. The minimum Gasteiger partial charge on any atom is -2.00 e. The van der Waals surface area contributed by atoms with Crippen LogP contribution in [0.15, 0.2) is 0 Å². The first-order valence-corrected chi connectivity index (χ1v) is 0. The molecular weight excluding hydrogens is 103 g/mol. The van der Waals surface area contributed by atoms with Crippen molar-refractivity contribution >= 4 is 29.6 Å². The summed E-state index contributed by atoms with van der Waals surface area (Å²) in [4.78, 5) is 0. The van der Waals surface area contributed by atoms with Crippen molar-refractivity contribution in [1.29, 1.82) is 0 Å². The third-order valence-corrected chi connectivity index (χ3v) is 0. The van der Waals surface area contributed by atoms with Crippen molar-refractivity contribution in [2.45, 2.75) is 0 Å². The summed E-state index contributed by atoms with van der Waals surface area (Å²) in [6.45, 7) is 0. The molecule has 0 amide bonds. The molecule has 0 N–H and O–H groups in total. The molecule has 0 atom stereocenters. The van der Waals surface area contributed by atoms with Crippen LogP contribution in [0, 0.1) is 0 Å². The fourth-order valence-electron chi connectivity index (χ4n) is 0. The maximum absolute atomic E-state index is 0. The predicted molar refractivity (Wildman–Crippen MR) is 8.52 cm³/mol. The standard InChI is InChI=1S/Na.2O.Ti.H/q;2*-2;+4;. The Hall–Kier alpha value is 1.63. The van der Waals surface area contributed by atoms with Gasteiger partial charge in [-0.2, -0.15) is 0 Å². The van der Waals surface area contributed by atoms with Gasteiger partial charge >= 0.3 is 51.3 Å². The Morgan fingerprint density at radius 1 is 0.750 bits per heavy atom. The van der Waals surface area contributed by atoms with Crippen LogP contribution in [0.1, 0.15) is 0 Å². The average molecular weight is 104 g/mol. The molecule has 0 fully saturated rings. The van der Waals surface area contributed by atoms with Gasteiger partial charge in [0.25, 0.3) is 0 Å². The summed E-state index contributed by atoms with van der Waals surface area (Å²) in [5.41, 5.74) is 0. The molecule has 0 rings (SSSR count). The van der Waals surface area contributed by atoms with E-state index in [2.05, 4.69) is 0 Å². The minimum atomic E-state index is 0. The van der Waals surface area contributed by atoms with E-state index in [0.29, 0.717) is 0 Å². The molecule has 0 radical (unpaired) electrons. The summed E-state index contributed by atoms with van der Waals surface area (Å²) in [6, 6.07) is 0. The van der Waals surface area contributed by atoms with Gasteiger partial charge < -0.3 is 11.0 Å². The first-order valence-electron chi connectivity index (χ1n) is 0. The molecule has 0 saturated heterocycles. The molecule has 18 valence electrons. The largest absolute Gasteiger partial charge is 4.00 e. The fourth-order valence-corrected chi connectivity index (χ4v) is 0. The van der Waals surface area contributed by atoms with E-state index in [1.54, 1.807) is 0 Å². The normalized spacial score (nSPS) is 0. The van der Waals surface area contributed by atoms with E-state index in [9.17, 15) is 0 Å². The summed E-state index contributed by atoms with van der Waals surface area (Å²) in [6.07, 6.45) is 0. The third kappa shape index (κ3) is 9.44. The van der Waals surface area contributed by atoms with E-state index in [4.69, 9.17) is 0 Å². The predicted octanol–water partition coefficient (Wildman–Crippen LogP) is -0.889. The van der Waals surface area contributed by atoms with Gasteiger partial charge in [-0.15, -0.1) is 0 Å². The SMILES string of the molecule is [NaH].[O-2].[O-2].[Ti+4]. The molecule has 0 aromatic rings. The summed E-state index contributed by atoms with van der Waals surface area (Å²) in [5.74, 6) is 0. The van der Waals surface area contributed by atoms with Crippen LogP contribution < -0.4 is 0 Å². The van der Waals surface area contributed by atoms with Crippen molar-refractivity contribution in [3.05, 3.63) is 0 Å². The molecule has 0 aromatic heterocycles. The molecule has 0 bridgehead atoms. The van der Waals surface area contributed by atoms with Crippen LogP contribution in [-0.4, -0.2) is 29.6 Å². The second-order valence-electron chi connectivity index (χ2n) is 0. The van der Waals surface area contributed by atoms with Crippen LogP contribution in [0.4, 0.5) is 0 Å². The Morgan fingerprint density at radius 3 is 0.750 bits per heavy atom.